The first-order valence-electron chi connectivity index (χ1n) is 12.5. The first kappa shape index (κ1) is 23.1. The predicted octanol–water partition coefficient (Wildman–Crippen LogP) is 5.70. The van der Waals surface area contributed by atoms with E-state index in [1.165, 1.54) is 10.8 Å². The quantitative estimate of drug-likeness (QED) is 0.381. The van der Waals surface area contributed by atoms with Gasteiger partial charge in [0.15, 0.2) is 0 Å². The van der Waals surface area contributed by atoms with Gasteiger partial charge in [-0.05, 0) is 61.1 Å². The van der Waals surface area contributed by atoms with Crippen LogP contribution in [0.25, 0.3) is 21.7 Å². The fraction of sp³-hybridized carbons (Fsp3) is 0.345. The number of fused-ring (bicyclic) bond motifs is 2. The maximum atomic E-state index is 13.1. The fourth-order valence-electron chi connectivity index (χ4n) is 5.18. The van der Waals surface area contributed by atoms with Crippen LogP contribution in [-0.4, -0.2) is 36.0 Å². The molecule has 6 nitrogen and oxygen atoms in total. The fourth-order valence-corrected chi connectivity index (χ4v) is 5.18. The molecule has 0 unspecified atom stereocenters. The number of para-hydroxylation sites is 1. The maximum absolute atomic E-state index is 13.1. The highest BCUT2D eigenvalue weighted by Gasteiger charge is 2.28. The molecule has 6 heteroatoms. The summed E-state index contributed by atoms with van der Waals surface area (Å²) in [5.74, 6) is 1.76. The third-order valence-electron chi connectivity index (χ3n) is 7.09. The minimum Gasteiger partial charge on any atom is -0.362 e. The lowest BCUT2D eigenvalue weighted by Crippen LogP contribution is -2.37. The molecule has 0 spiro atoms. The lowest BCUT2D eigenvalue weighted by Gasteiger charge is -2.29. The van der Waals surface area contributed by atoms with Crippen LogP contribution in [0.5, 0.6) is 0 Å². The Morgan fingerprint density at radius 1 is 0.886 bits per heavy atom. The van der Waals surface area contributed by atoms with Crippen molar-refractivity contribution in [1.82, 2.24) is 15.3 Å². The van der Waals surface area contributed by atoms with Crippen molar-refractivity contribution < 1.29 is 4.79 Å². The summed E-state index contributed by atoms with van der Waals surface area (Å²) in [7, 11) is 4.00. The van der Waals surface area contributed by atoms with E-state index in [4.69, 9.17) is 9.97 Å². The molecule has 0 bridgehead atoms. The summed E-state index contributed by atoms with van der Waals surface area (Å²) < 4.78 is 0. The average Bonchev–Trinajstić information content (AvgIpc) is 2.88. The van der Waals surface area contributed by atoms with Gasteiger partial charge in [0, 0.05) is 31.4 Å². The molecule has 2 N–H and O–H groups in total. The van der Waals surface area contributed by atoms with Crippen molar-refractivity contribution in [3.63, 3.8) is 0 Å². The Balaban J connectivity index is 1.21. The summed E-state index contributed by atoms with van der Waals surface area (Å²) in [4.78, 5) is 24.6. The summed E-state index contributed by atoms with van der Waals surface area (Å²) in [5.41, 5.74) is 2.10. The van der Waals surface area contributed by atoms with Gasteiger partial charge in [0.05, 0.1) is 11.6 Å². The van der Waals surface area contributed by atoms with Gasteiger partial charge >= 0.3 is 0 Å². The highest BCUT2D eigenvalue weighted by atomic mass is 16.1. The van der Waals surface area contributed by atoms with Gasteiger partial charge in [0.1, 0.15) is 5.82 Å². The maximum Gasteiger partial charge on any atom is 0.225 e. The zero-order chi connectivity index (χ0) is 24.4. The van der Waals surface area contributed by atoms with Crippen molar-refractivity contribution in [1.29, 1.82) is 0 Å². The van der Waals surface area contributed by atoms with Crippen LogP contribution in [0.3, 0.4) is 0 Å². The predicted molar refractivity (Wildman–Crippen MR) is 144 cm³/mol. The minimum atomic E-state index is -0.0279. The highest BCUT2D eigenvalue weighted by molar-refractivity contribution is 5.90. The standard InChI is InChI=1S/C29H33N5O/c1-19(23-13-8-10-20-9-4-5-11-24(20)23)30-28(35)21-15-17-22(18-16-21)31-29-32-26-14-7-6-12-25(26)27(33-29)34(2)3/h4-14,19,21-22H,15-18H2,1-3H3,(H,30,35)(H,31,32,33)/t19-,21?,22?/m1/s1. The Morgan fingerprint density at radius 3 is 2.34 bits per heavy atom. The zero-order valence-electron chi connectivity index (χ0n) is 20.7. The van der Waals surface area contributed by atoms with E-state index in [0.29, 0.717) is 5.95 Å². The lowest BCUT2D eigenvalue weighted by molar-refractivity contribution is -0.126. The molecule has 1 fully saturated rings. The number of carbonyl (C=O) groups is 1. The van der Waals surface area contributed by atoms with Gasteiger partial charge in [-0.1, -0.05) is 54.6 Å². The number of nitrogens with zero attached hydrogens (tertiary/aromatic N) is 3. The van der Waals surface area contributed by atoms with E-state index in [9.17, 15) is 4.79 Å². The van der Waals surface area contributed by atoms with Crippen LogP contribution in [0, 0.1) is 5.92 Å². The van der Waals surface area contributed by atoms with Crippen molar-refractivity contribution in [2.75, 3.05) is 24.3 Å². The molecule has 180 valence electrons. The van der Waals surface area contributed by atoms with Crippen LogP contribution < -0.4 is 15.5 Å². The number of hydrogen-bond donors (Lipinski definition) is 2. The van der Waals surface area contributed by atoms with Crippen molar-refractivity contribution >= 4 is 39.3 Å². The van der Waals surface area contributed by atoms with Gasteiger partial charge in [-0.3, -0.25) is 4.79 Å². The third-order valence-corrected chi connectivity index (χ3v) is 7.09. The molecular weight excluding hydrogens is 434 g/mol. The molecule has 4 aromatic rings. The number of hydrogen-bond acceptors (Lipinski definition) is 5. The molecule has 0 aliphatic heterocycles. The molecule has 1 atom stereocenters. The number of carbonyl (C=O) groups excluding carboxylic acids is 1. The zero-order valence-corrected chi connectivity index (χ0v) is 20.7. The molecule has 1 saturated carbocycles. The van der Waals surface area contributed by atoms with Crippen LogP contribution in [0.1, 0.15) is 44.2 Å². The number of anilines is 2. The second-order valence-electron chi connectivity index (χ2n) is 9.77. The number of nitrogens with one attached hydrogen (secondary N) is 2. The molecular formula is C29H33N5O. The summed E-state index contributed by atoms with van der Waals surface area (Å²) in [6.45, 7) is 2.08. The molecule has 35 heavy (non-hydrogen) atoms. The molecule has 1 aliphatic rings. The van der Waals surface area contributed by atoms with Crippen molar-refractivity contribution in [2.24, 2.45) is 5.92 Å². The molecule has 0 radical (unpaired) electrons. The Kier molecular flexibility index (Phi) is 6.53. The highest BCUT2D eigenvalue weighted by Crippen LogP contribution is 2.30. The van der Waals surface area contributed by atoms with E-state index in [2.05, 4.69) is 60.0 Å². The molecule has 5 rings (SSSR count). The smallest absolute Gasteiger partial charge is 0.225 e. The summed E-state index contributed by atoms with van der Waals surface area (Å²) in [6, 6.07) is 23.0. The van der Waals surface area contributed by atoms with Crippen LogP contribution >= 0.6 is 0 Å². The third kappa shape index (κ3) is 4.92. The monoisotopic (exact) mass is 467 g/mol. The van der Waals surface area contributed by atoms with Gasteiger partial charge in [-0.2, -0.15) is 4.98 Å². The van der Waals surface area contributed by atoms with E-state index in [-0.39, 0.29) is 23.9 Å². The molecule has 1 aliphatic carbocycles. The Hall–Kier alpha value is -3.67. The Morgan fingerprint density at radius 2 is 1.57 bits per heavy atom. The lowest BCUT2D eigenvalue weighted by atomic mass is 9.85. The SMILES string of the molecule is C[C@@H](NC(=O)C1CCC(Nc2nc(N(C)C)c3ccccc3n2)CC1)c1cccc2ccccc12. The molecule has 3 aromatic carbocycles. The van der Waals surface area contributed by atoms with Gasteiger partial charge in [0.2, 0.25) is 11.9 Å². The van der Waals surface area contributed by atoms with Crippen LogP contribution in [-0.2, 0) is 4.79 Å². The summed E-state index contributed by atoms with van der Waals surface area (Å²) >= 11 is 0. The summed E-state index contributed by atoms with van der Waals surface area (Å²) in [5, 5.41) is 10.2. The normalized spacial score (nSPS) is 18.8. The van der Waals surface area contributed by atoms with Gasteiger partial charge < -0.3 is 15.5 Å². The molecule has 1 aromatic heterocycles. The Bertz CT molecular complexity index is 1340. The number of aromatic nitrogens is 2. The van der Waals surface area contributed by atoms with E-state index in [0.717, 1.165) is 48.0 Å². The second-order valence-corrected chi connectivity index (χ2v) is 9.77. The average molecular weight is 468 g/mol. The minimum absolute atomic E-state index is 0.0279. The van der Waals surface area contributed by atoms with E-state index < -0.39 is 0 Å². The second kappa shape index (κ2) is 9.90. The number of rotatable bonds is 6. The van der Waals surface area contributed by atoms with Gasteiger partial charge in [-0.15, -0.1) is 0 Å². The van der Waals surface area contributed by atoms with E-state index in [1.807, 2.05) is 43.3 Å². The van der Waals surface area contributed by atoms with E-state index in [1.54, 1.807) is 0 Å². The van der Waals surface area contributed by atoms with Gasteiger partial charge in [0.25, 0.3) is 0 Å². The Labute approximate surface area is 206 Å². The molecule has 1 heterocycles. The number of amides is 1. The number of benzene rings is 3. The van der Waals surface area contributed by atoms with Crippen molar-refractivity contribution in [3.8, 4) is 0 Å². The van der Waals surface area contributed by atoms with Crippen LogP contribution in [0.4, 0.5) is 11.8 Å². The molecule has 1 amide bonds. The van der Waals surface area contributed by atoms with E-state index >= 15 is 0 Å². The van der Waals surface area contributed by atoms with Crippen LogP contribution in [0.2, 0.25) is 0 Å². The van der Waals surface area contributed by atoms with Crippen molar-refractivity contribution in [3.05, 3.63) is 72.3 Å². The summed E-state index contributed by atoms with van der Waals surface area (Å²) in [6.07, 6.45) is 3.57. The molecule has 0 saturated heterocycles. The van der Waals surface area contributed by atoms with Crippen molar-refractivity contribution in [2.45, 2.75) is 44.7 Å². The van der Waals surface area contributed by atoms with Gasteiger partial charge in [-0.25, -0.2) is 4.98 Å². The first-order valence-corrected chi connectivity index (χ1v) is 12.5. The largest absolute Gasteiger partial charge is 0.362 e. The topological polar surface area (TPSA) is 70.2 Å². The van der Waals surface area contributed by atoms with Crippen LogP contribution in [0.15, 0.2) is 66.7 Å². The first-order chi connectivity index (χ1) is 17.0.